The number of nitrogens with two attached hydrogens (primary N) is 1. The zero-order valence-corrected chi connectivity index (χ0v) is 25.3. The van der Waals surface area contributed by atoms with Crippen LogP contribution in [0.3, 0.4) is 0 Å². The number of allylic oxidation sites excluding steroid dienone is 2. The van der Waals surface area contributed by atoms with E-state index >= 15 is 0 Å². The number of carbonyl (C=O) groups is 2. The first-order valence-corrected chi connectivity index (χ1v) is 15.1. The molecule has 1 unspecified atom stereocenters. The van der Waals surface area contributed by atoms with Crippen LogP contribution in [0.15, 0.2) is 109 Å². The molecule has 0 bridgehead atoms. The number of para-hydroxylation sites is 2. The third-order valence-electron chi connectivity index (χ3n) is 8.39. The van der Waals surface area contributed by atoms with E-state index in [1.807, 2.05) is 108 Å². The number of Topliss-reactive ketones (excluding diaryl/α,β-unsaturated/α-hetero) is 1. The molecular weight excluding hydrogens is 578 g/mol. The number of rotatable bonds is 8. The number of hydrogen-bond donors (Lipinski definition) is 3. The van der Waals surface area contributed by atoms with Crippen molar-refractivity contribution in [3.63, 3.8) is 0 Å². The molecule has 4 N–H and O–H groups in total. The summed E-state index contributed by atoms with van der Waals surface area (Å²) in [5.74, 6) is 1.10. The summed E-state index contributed by atoms with van der Waals surface area (Å²) in [5.41, 5.74) is 11.4. The number of benzene rings is 3. The van der Waals surface area contributed by atoms with Crippen molar-refractivity contribution in [2.75, 3.05) is 23.6 Å². The Kier molecular flexibility index (Phi) is 7.88. The van der Waals surface area contributed by atoms with Gasteiger partial charge in [-0.1, -0.05) is 66.8 Å². The lowest BCUT2D eigenvalue weighted by Gasteiger charge is -2.36. The lowest BCUT2D eigenvalue weighted by atomic mass is 9.92. The van der Waals surface area contributed by atoms with Crippen LogP contribution in [-0.2, 0) is 22.6 Å². The van der Waals surface area contributed by atoms with Gasteiger partial charge in [-0.05, 0) is 47.9 Å². The van der Waals surface area contributed by atoms with Gasteiger partial charge in [0.15, 0.2) is 5.78 Å². The van der Waals surface area contributed by atoms with Gasteiger partial charge in [-0.25, -0.2) is 9.88 Å². The molecule has 2 aliphatic rings. The highest BCUT2D eigenvalue weighted by Gasteiger charge is 2.34. The maximum Gasteiger partial charge on any atom is 0.251 e. The van der Waals surface area contributed by atoms with E-state index in [2.05, 4.69) is 15.3 Å². The smallest absolute Gasteiger partial charge is 0.251 e. The number of amides is 1. The van der Waals surface area contributed by atoms with Gasteiger partial charge in [0.05, 0.1) is 25.5 Å². The number of carbonyl (C=O) groups excluding carboxylic acids is 2. The molecule has 10 heteroatoms. The number of aromatic nitrogens is 3. The summed E-state index contributed by atoms with van der Waals surface area (Å²) in [7, 11) is 1.61. The fourth-order valence-corrected chi connectivity index (χ4v) is 6.04. The molecule has 0 saturated carbocycles. The van der Waals surface area contributed by atoms with E-state index < -0.39 is 12.1 Å². The summed E-state index contributed by atoms with van der Waals surface area (Å²) >= 11 is 0. The second-order valence-corrected chi connectivity index (χ2v) is 11.3. The third-order valence-corrected chi connectivity index (χ3v) is 8.39. The normalized spacial score (nSPS) is 16.6. The maximum absolute atomic E-state index is 14.2. The largest absolute Gasteiger partial charge is 0.497 e. The highest BCUT2D eigenvalue weighted by molar-refractivity contribution is 6.26. The molecular formula is C36H33N7O3. The summed E-state index contributed by atoms with van der Waals surface area (Å²) in [5, 5.41) is 4.39. The number of hydrogen-bond acceptors (Lipinski definition) is 8. The van der Waals surface area contributed by atoms with Crippen LogP contribution in [0.1, 0.15) is 16.7 Å². The number of aromatic amines is 1. The van der Waals surface area contributed by atoms with Gasteiger partial charge in [-0.2, -0.15) is 4.98 Å². The maximum atomic E-state index is 14.2. The van der Waals surface area contributed by atoms with Crippen molar-refractivity contribution in [3.8, 4) is 5.75 Å². The molecule has 7 rings (SSSR count). The molecule has 230 valence electrons. The minimum atomic E-state index is -0.864. The second-order valence-electron chi connectivity index (χ2n) is 11.3. The first-order chi connectivity index (χ1) is 22.5. The van der Waals surface area contributed by atoms with E-state index in [9.17, 15) is 9.59 Å². The molecule has 2 atom stereocenters. The predicted molar refractivity (Wildman–Crippen MR) is 179 cm³/mol. The Bertz CT molecular complexity index is 1970. The van der Waals surface area contributed by atoms with Crippen LogP contribution < -0.4 is 25.6 Å². The van der Waals surface area contributed by atoms with Gasteiger partial charge in [-0.15, -0.1) is 0 Å². The molecule has 0 saturated heterocycles. The lowest BCUT2D eigenvalue weighted by Crippen LogP contribution is -2.50. The third kappa shape index (κ3) is 5.44. The molecule has 2 aromatic heterocycles. The van der Waals surface area contributed by atoms with Crippen molar-refractivity contribution >= 4 is 45.6 Å². The van der Waals surface area contributed by atoms with Crippen LogP contribution in [0, 0.1) is 0 Å². The van der Waals surface area contributed by atoms with E-state index in [1.165, 1.54) is 4.90 Å². The van der Waals surface area contributed by atoms with Gasteiger partial charge in [0.1, 0.15) is 17.6 Å². The molecule has 0 fully saturated rings. The van der Waals surface area contributed by atoms with Crippen molar-refractivity contribution in [1.29, 1.82) is 0 Å². The Morgan fingerprint density at radius 3 is 2.67 bits per heavy atom. The monoisotopic (exact) mass is 611 g/mol. The Balaban J connectivity index is 1.21. The molecule has 10 nitrogen and oxygen atoms in total. The van der Waals surface area contributed by atoms with E-state index in [0.29, 0.717) is 36.7 Å². The Labute approximate surface area is 266 Å². The number of anilines is 3. The quantitative estimate of drug-likeness (QED) is 0.231. The van der Waals surface area contributed by atoms with Gasteiger partial charge in [0.2, 0.25) is 5.95 Å². The summed E-state index contributed by atoms with van der Waals surface area (Å²) in [6.45, 7) is 0.913. The van der Waals surface area contributed by atoms with Crippen molar-refractivity contribution in [1.82, 2.24) is 20.3 Å². The van der Waals surface area contributed by atoms with E-state index in [0.717, 1.165) is 33.3 Å². The van der Waals surface area contributed by atoms with Crippen LogP contribution in [0.2, 0.25) is 0 Å². The fourth-order valence-electron chi connectivity index (χ4n) is 6.04. The number of nitrogens with one attached hydrogen (secondary N) is 2. The second kappa shape index (κ2) is 12.4. The molecule has 46 heavy (non-hydrogen) atoms. The minimum absolute atomic E-state index is 0.0563. The summed E-state index contributed by atoms with van der Waals surface area (Å²) in [6.07, 6.45) is 9.53. The summed E-state index contributed by atoms with van der Waals surface area (Å²) in [6, 6.07) is 23.2. The SMILES string of the molecule is COc1ccc(C2=CC=CC(N3CNCc4cnc(N(C(=O)[C@@H](N)Cc5c[nH]c6ccccc56)c5ccccc5)nc43)C2=O)cc1. The molecule has 3 heterocycles. The van der Waals surface area contributed by atoms with E-state index in [-0.39, 0.29) is 17.6 Å². The van der Waals surface area contributed by atoms with Gasteiger partial charge < -0.3 is 20.4 Å². The van der Waals surface area contributed by atoms with E-state index in [4.69, 9.17) is 15.5 Å². The van der Waals surface area contributed by atoms with Crippen LogP contribution >= 0.6 is 0 Å². The minimum Gasteiger partial charge on any atom is -0.497 e. The molecule has 1 aliphatic carbocycles. The number of methoxy groups -OCH3 is 1. The van der Waals surface area contributed by atoms with Crippen molar-refractivity contribution in [3.05, 3.63) is 126 Å². The topological polar surface area (TPSA) is 129 Å². The highest BCUT2D eigenvalue weighted by Crippen LogP contribution is 2.32. The number of ketones is 1. The van der Waals surface area contributed by atoms with Gasteiger partial charge >= 0.3 is 0 Å². The molecule has 0 radical (unpaired) electrons. The standard InChI is InChI=1S/C36H33N7O3/c1-46-27-16-14-23(15-17-27)29-11-7-13-32(33(29)44)42-22-38-19-25-21-40-36(41-34(25)42)43(26-8-3-2-4-9-26)35(45)30(37)18-24-20-39-31-12-6-5-10-28(24)31/h2-17,20-21,30,32,38-39H,18-19,22,37H2,1H3/t30-,32?/m0/s1. The van der Waals surface area contributed by atoms with Crippen LogP contribution in [-0.4, -0.2) is 52.5 Å². The molecule has 1 amide bonds. The fraction of sp³-hybridized carbons (Fsp3) is 0.167. The molecule has 1 aliphatic heterocycles. The number of nitrogens with zero attached hydrogens (tertiary/aromatic N) is 4. The van der Waals surface area contributed by atoms with Gasteiger partial charge in [0, 0.05) is 41.0 Å². The summed E-state index contributed by atoms with van der Waals surface area (Å²) in [4.78, 5) is 44.3. The Morgan fingerprint density at radius 2 is 1.87 bits per heavy atom. The van der Waals surface area contributed by atoms with Crippen molar-refractivity contribution in [2.24, 2.45) is 5.73 Å². The summed E-state index contributed by atoms with van der Waals surface area (Å²) < 4.78 is 5.29. The van der Waals surface area contributed by atoms with Crippen LogP contribution in [0.25, 0.3) is 16.5 Å². The number of H-pyrrole nitrogens is 1. The van der Waals surface area contributed by atoms with Gasteiger partial charge in [-0.3, -0.25) is 14.9 Å². The van der Waals surface area contributed by atoms with Crippen molar-refractivity contribution in [2.45, 2.75) is 25.0 Å². The lowest BCUT2D eigenvalue weighted by molar-refractivity contribution is -0.119. The zero-order chi connectivity index (χ0) is 31.6. The molecule has 0 spiro atoms. The predicted octanol–water partition coefficient (Wildman–Crippen LogP) is 4.66. The van der Waals surface area contributed by atoms with Crippen LogP contribution in [0.4, 0.5) is 17.5 Å². The van der Waals surface area contributed by atoms with Crippen molar-refractivity contribution < 1.29 is 14.3 Å². The average molecular weight is 612 g/mol. The Morgan fingerprint density at radius 1 is 1.09 bits per heavy atom. The average Bonchev–Trinajstić information content (AvgIpc) is 3.51. The molecule has 3 aromatic carbocycles. The number of ether oxygens (including phenoxy) is 1. The first-order valence-electron chi connectivity index (χ1n) is 15.1. The Hall–Kier alpha value is -5.58. The van der Waals surface area contributed by atoms with Crippen LogP contribution in [0.5, 0.6) is 5.75 Å². The zero-order valence-electron chi connectivity index (χ0n) is 25.3. The highest BCUT2D eigenvalue weighted by atomic mass is 16.5. The molecule has 5 aromatic rings. The van der Waals surface area contributed by atoms with E-state index in [1.54, 1.807) is 13.3 Å². The number of fused-ring (bicyclic) bond motifs is 2. The van der Waals surface area contributed by atoms with Gasteiger partial charge in [0.25, 0.3) is 5.91 Å². The first kappa shape index (κ1) is 29.1.